The van der Waals surface area contributed by atoms with Crippen LogP contribution in [0.5, 0.6) is 0 Å². The molecule has 2 aromatic rings. The number of non-ortho nitro benzene ring substituents is 1. The van der Waals surface area contributed by atoms with Gasteiger partial charge in [-0.1, -0.05) is 6.07 Å². The number of hydrogen-bond donors (Lipinski definition) is 2. The topological polar surface area (TPSA) is 142 Å². The zero-order valence-electron chi connectivity index (χ0n) is 14.7. The van der Waals surface area contributed by atoms with Crippen LogP contribution in [-0.2, 0) is 22.4 Å². The third kappa shape index (κ3) is 4.17. The first-order chi connectivity index (χ1) is 13.4. The minimum Gasteiger partial charge on any atom is -0.452 e. The van der Waals surface area contributed by atoms with Crippen LogP contribution in [0.25, 0.3) is 0 Å². The number of nitro benzene ring substituents is 1. The number of fused-ring (bicyclic) bond motifs is 1. The van der Waals surface area contributed by atoms with Gasteiger partial charge in [-0.25, -0.2) is 4.79 Å². The van der Waals surface area contributed by atoms with E-state index in [1.807, 2.05) is 0 Å². The van der Waals surface area contributed by atoms with Crippen LogP contribution in [-0.4, -0.2) is 29.3 Å². The second-order valence-electron chi connectivity index (χ2n) is 6.21. The number of esters is 1. The number of nitrogens with one attached hydrogen (secondary N) is 1. The molecular weight excluding hydrogens is 386 g/mol. The molecule has 3 N–H and O–H groups in total. The van der Waals surface area contributed by atoms with E-state index in [-0.39, 0.29) is 11.3 Å². The number of aryl methyl sites for hydroxylation is 1. The minimum atomic E-state index is -0.862. The first-order valence-electron chi connectivity index (χ1n) is 8.52. The Balaban J connectivity index is 1.66. The minimum absolute atomic E-state index is 0.0357. The maximum Gasteiger partial charge on any atom is 0.338 e. The van der Waals surface area contributed by atoms with Crippen molar-refractivity contribution in [2.24, 2.45) is 5.73 Å². The lowest BCUT2D eigenvalue weighted by atomic mass is 9.95. The van der Waals surface area contributed by atoms with Crippen LogP contribution in [0.2, 0.25) is 0 Å². The van der Waals surface area contributed by atoms with Crippen LogP contribution in [0.15, 0.2) is 24.3 Å². The number of carbonyl (C=O) groups is 3. The number of ether oxygens (including phenoxy) is 1. The SMILES string of the molecule is NC(=O)c1c(NC(=O)COC(=O)c2cccc([N+](=O)[O-])c2)sc2c1CCCC2. The van der Waals surface area contributed by atoms with Crippen molar-refractivity contribution in [1.82, 2.24) is 0 Å². The lowest BCUT2D eigenvalue weighted by Gasteiger charge is -2.11. The molecule has 1 aromatic heterocycles. The van der Waals surface area contributed by atoms with Gasteiger partial charge in [0.05, 0.1) is 16.1 Å². The Hall–Kier alpha value is -3.27. The van der Waals surface area contributed by atoms with E-state index < -0.39 is 29.3 Å². The van der Waals surface area contributed by atoms with Crippen molar-refractivity contribution < 1.29 is 24.0 Å². The van der Waals surface area contributed by atoms with Crippen molar-refractivity contribution in [1.29, 1.82) is 0 Å². The fourth-order valence-corrected chi connectivity index (χ4v) is 4.35. The number of primary amides is 1. The fourth-order valence-electron chi connectivity index (χ4n) is 3.04. The van der Waals surface area contributed by atoms with Crippen LogP contribution < -0.4 is 11.1 Å². The second kappa shape index (κ2) is 8.17. The monoisotopic (exact) mass is 403 g/mol. The average molecular weight is 403 g/mol. The van der Waals surface area contributed by atoms with Gasteiger partial charge in [-0.15, -0.1) is 11.3 Å². The molecule has 0 saturated heterocycles. The Labute approximate surface area is 163 Å². The van der Waals surface area contributed by atoms with E-state index in [1.54, 1.807) is 0 Å². The number of amides is 2. The van der Waals surface area contributed by atoms with E-state index in [1.165, 1.54) is 29.5 Å². The van der Waals surface area contributed by atoms with Crippen LogP contribution in [0.4, 0.5) is 10.7 Å². The summed E-state index contributed by atoms with van der Waals surface area (Å²) >= 11 is 1.31. The van der Waals surface area contributed by atoms with E-state index >= 15 is 0 Å². The molecule has 0 atom stereocenters. The van der Waals surface area contributed by atoms with E-state index in [0.29, 0.717) is 10.6 Å². The number of hydrogen-bond acceptors (Lipinski definition) is 7. The Kier molecular flexibility index (Phi) is 5.69. The van der Waals surface area contributed by atoms with Crippen LogP contribution >= 0.6 is 11.3 Å². The Bertz CT molecular complexity index is 968. The lowest BCUT2D eigenvalue weighted by Crippen LogP contribution is -2.23. The summed E-state index contributed by atoms with van der Waals surface area (Å²) in [6, 6.07) is 5.02. The third-order valence-corrected chi connectivity index (χ3v) is 5.50. The highest BCUT2D eigenvalue weighted by Gasteiger charge is 2.25. The number of nitrogens with two attached hydrogens (primary N) is 1. The largest absolute Gasteiger partial charge is 0.452 e. The first kappa shape index (κ1) is 19.5. The van der Waals surface area contributed by atoms with Crippen molar-refractivity contribution in [3.63, 3.8) is 0 Å². The number of rotatable bonds is 6. The highest BCUT2D eigenvalue weighted by molar-refractivity contribution is 7.17. The molecule has 0 bridgehead atoms. The first-order valence-corrected chi connectivity index (χ1v) is 9.34. The number of nitro groups is 1. The molecule has 1 aliphatic carbocycles. The van der Waals surface area contributed by atoms with E-state index in [9.17, 15) is 24.5 Å². The predicted molar refractivity (Wildman–Crippen MR) is 101 cm³/mol. The quantitative estimate of drug-likeness (QED) is 0.431. The molecule has 10 heteroatoms. The molecule has 1 aromatic carbocycles. The van der Waals surface area contributed by atoms with Crippen molar-refractivity contribution >= 4 is 39.8 Å². The predicted octanol–water partition coefficient (Wildman–Crippen LogP) is 2.43. The summed E-state index contributed by atoms with van der Waals surface area (Å²) < 4.78 is 4.91. The molecule has 0 fully saturated rings. The van der Waals surface area contributed by atoms with Gasteiger partial charge in [-0.05, 0) is 37.3 Å². The smallest absolute Gasteiger partial charge is 0.338 e. The molecule has 3 rings (SSSR count). The molecule has 1 aliphatic rings. The summed E-state index contributed by atoms with van der Waals surface area (Å²) in [5.74, 6) is -2.09. The molecular formula is C18H17N3O6S. The summed E-state index contributed by atoms with van der Waals surface area (Å²) in [7, 11) is 0. The van der Waals surface area contributed by atoms with E-state index in [2.05, 4.69) is 5.32 Å². The van der Waals surface area contributed by atoms with E-state index in [4.69, 9.17) is 10.5 Å². The zero-order valence-corrected chi connectivity index (χ0v) is 15.5. The molecule has 0 aliphatic heterocycles. The molecule has 0 saturated carbocycles. The van der Waals surface area contributed by atoms with Gasteiger partial charge in [0, 0.05) is 17.0 Å². The third-order valence-electron chi connectivity index (χ3n) is 4.30. The number of nitrogens with zero attached hydrogens (tertiary/aromatic N) is 1. The maximum atomic E-state index is 12.2. The highest BCUT2D eigenvalue weighted by atomic mass is 32.1. The van der Waals surface area contributed by atoms with Crippen LogP contribution in [0.1, 0.15) is 44.0 Å². The normalized spacial score (nSPS) is 12.7. The second-order valence-corrected chi connectivity index (χ2v) is 7.32. The number of benzene rings is 1. The maximum absolute atomic E-state index is 12.2. The van der Waals surface area contributed by atoms with Gasteiger partial charge in [0.2, 0.25) is 0 Å². The summed E-state index contributed by atoms with van der Waals surface area (Å²) in [6.07, 6.45) is 3.54. The molecule has 9 nitrogen and oxygen atoms in total. The molecule has 1 heterocycles. The van der Waals surface area contributed by atoms with Gasteiger partial charge in [0.1, 0.15) is 5.00 Å². The van der Waals surface area contributed by atoms with Crippen LogP contribution in [0.3, 0.4) is 0 Å². The molecule has 0 spiro atoms. The molecule has 0 radical (unpaired) electrons. The molecule has 28 heavy (non-hydrogen) atoms. The molecule has 0 unspecified atom stereocenters. The summed E-state index contributed by atoms with van der Waals surface area (Å²) in [5.41, 5.74) is 6.38. The number of anilines is 1. The van der Waals surface area contributed by atoms with Gasteiger partial charge in [0.25, 0.3) is 17.5 Å². The molecule has 2 amide bonds. The van der Waals surface area contributed by atoms with Crippen LogP contribution in [0, 0.1) is 10.1 Å². The standard InChI is InChI=1S/C18H17N3O6S/c19-16(23)15-12-6-1-2-7-13(12)28-17(15)20-14(22)9-27-18(24)10-4-3-5-11(8-10)21(25)26/h3-5,8H,1-2,6-7,9H2,(H2,19,23)(H,20,22). The van der Waals surface area contributed by atoms with E-state index in [0.717, 1.165) is 42.2 Å². The summed E-state index contributed by atoms with van der Waals surface area (Å²) in [4.78, 5) is 47.2. The van der Waals surface area contributed by atoms with Crippen molar-refractivity contribution in [3.05, 3.63) is 55.9 Å². The van der Waals surface area contributed by atoms with Gasteiger partial charge in [0.15, 0.2) is 6.61 Å². The highest BCUT2D eigenvalue weighted by Crippen LogP contribution is 2.37. The van der Waals surface area contributed by atoms with Gasteiger partial charge < -0.3 is 15.8 Å². The Morgan fingerprint density at radius 3 is 2.71 bits per heavy atom. The van der Waals surface area contributed by atoms with Gasteiger partial charge in [-0.3, -0.25) is 19.7 Å². The van der Waals surface area contributed by atoms with Gasteiger partial charge >= 0.3 is 5.97 Å². The Morgan fingerprint density at radius 1 is 1.25 bits per heavy atom. The molecule has 146 valence electrons. The number of carbonyl (C=O) groups excluding carboxylic acids is 3. The van der Waals surface area contributed by atoms with Crippen molar-refractivity contribution in [2.45, 2.75) is 25.7 Å². The summed E-state index contributed by atoms with van der Waals surface area (Å²) in [6.45, 7) is -0.595. The number of thiophene rings is 1. The van der Waals surface area contributed by atoms with Crippen molar-refractivity contribution in [3.8, 4) is 0 Å². The van der Waals surface area contributed by atoms with Gasteiger partial charge in [-0.2, -0.15) is 0 Å². The van der Waals surface area contributed by atoms with Crippen molar-refractivity contribution in [2.75, 3.05) is 11.9 Å². The average Bonchev–Trinajstić information content (AvgIpc) is 3.04. The Morgan fingerprint density at radius 2 is 2.00 bits per heavy atom. The lowest BCUT2D eigenvalue weighted by molar-refractivity contribution is -0.384. The fraction of sp³-hybridized carbons (Fsp3) is 0.278. The zero-order chi connectivity index (χ0) is 20.3. The summed E-state index contributed by atoms with van der Waals surface area (Å²) in [5, 5.41) is 13.7.